The summed E-state index contributed by atoms with van der Waals surface area (Å²) in [6.07, 6.45) is 3.14. The predicted molar refractivity (Wildman–Crippen MR) is 66.8 cm³/mol. The predicted octanol–water partition coefficient (Wildman–Crippen LogP) is 0.151. The molecule has 0 N–H and O–H groups in total. The molecule has 0 amide bonds. The second kappa shape index (κ2) is 5.50. The Labute approximate surface area is 111 Å². The minimum atomic E-state index is -3.19. The van der Waals surface area contributed by atoms with Crippen molar-refractivity contribution in [1.82, 2.24) is 14.3 Å². The normalized spacial score (nSPS) is 20.1. The Morgan fingerprint density at radius 1 is 1.53 bits per heavy atom. The maximum absolute atomic E-state index is 11.7. The summed E-state index contributed by atoms with van der Waals surface area (Å²) in [5.74, 6) is 0.236. The van der Waals surface area contributed by atoms with Crippen LogP contribution in [-0.4, -0.2) is 47.6 Å². The first-order chi connectivity index (χ1) is 9.06. The molecule has 1 aromatic rings. The van der Waals surface area contributed by atoms with Gasteiger partial charge in [0.1, 0.15) is 12.2 Å². The molecule has 0 unspecified atom stereocenters. The van der Waals surface area contributed by atoms with Gasteiger partial charge in [0.2, 0.25) is 15.7 Å². The maximum atomic E-state index is 11.7. The van der Waals surface area contributed by atoms with Crippen LogP contribution >= 0.6 is 0 Å². The van der Waals surface area contributed by atoms with Gasteiger partial charge in [-0.2, -0.15) is 9.57 Å². The van der Waals surface area contributed by atoms with E-state index in [-0.39, 0.29) is 30.0 Å². The van der Waals surface area contributed by atoms with Crippen LogP contribution in [0.3, 0.4) is 0 Å². The highest BCUT2D eigenvalue weighted by atomic mass is 32.2. The molecule has 0 spiro atoms. The largest absolute Gasteiger partial charge is 0.471 e. The molecule has 0 saturated carbocycles. The molecule has 1 aromatic heterocycles. The smallest absolute Gasteiger partial charge is 0.251 e. The standard InChI is InChI=1S/C11H14N4O3S/c1-2-19(16,17)15-6-3-9(8-15)18-11-10(7-12)13-4-5-14-11/h4-5,9H,2-3,6,8H2,1H3/t9-/m0/s1. The first-order valence-electron chi connectivity index (χ1n) is 5.92. The number of rotatable bonds is 4. The van der Waals surface area contributed by atoms with Gasteiger partial charge in [-0.3, -0.25) is 0 Å². The fourth-order valence-electron chi connectivity index (χ4n) is 1.88. The molecule has 0 aliphatic carbocycles. The Kier molecular flexibility index (Phi) is 3.97. The van der Waals surface area contributed by atoms with Gasteiger partial charge in [0, 0.05) is 18.9 Å². The molecule has 19 heavy (non-hydrogen) atoms. The van der Waals surface area contributed by atoms with Crippen molar-refractivity contribution < 1.29 is 13.2 Å². The summed E-state index contributed by atoms with van der Waals surface area (Å²) in [4.78, 5) is 7.79. The van der Waals surface area contributed by atoms with Crippen LogP contribution in [0.15, 0.2) is 12.4 Å². The lowest BCUT2D eigenvalue weighted by molar-refractivity contribution is 0.205. The molecule has 0 radical (unpaired) electrons. The third kappa shape index (κ3) is 3.00. The van der Waals surface area contributed by atoms with E-state index in [4.69, 9.17) is 10.00 Å². The molecule has 1 aliphatic rings. The molecule has 1 aliphatic heterocycles. The van der Waals surface area contributed by atoms with Gasteiger partial charge in [0.25, 0.3) is 5.88 Å². The summed E-state index contributed by atoms with van der Waals surface area (Å²) in [5.41, 5.74) is 0.110. The average Bonchev–Trinajstić information content (AvgIpc) is 2.89. The van der Waals surface area contributed by atoms with Crippen molar-refractivity contribution in [3.05, 3.63) is 18.1 Å². The number of nitriles is 1. The average molecular weight is 282 g/mol. The number of ether oxygens (including phenoxy) is 1. The van der Waals surface area contributed by atoms with E-state index in [9.17, 15) is 8.42 Å². The van der Waals surface area contributed by atoms with Gasteiger partial charge in [-0.1, -0.05) is 0 Å². The lowest BCUT2D eigenvalue weighted by Gasteiger charge is -2.15. The first kappa shape index (κ1) is 13.7. The lowest BCUT2D eigenvalue weighted by atomic mass is 10.3. The lowest BCUT2D eigenvalue weighted by Crippen LogP contribution is -2.32. The zero-order valence-corrected chi connectivity index (χ0v) is 11.3. The van der Waals surface area contributed by atoms with Crippen LogP contribution in [-0.2, 0) is 10.0 Å². The van der Waals surface area contributed by atoms with Crippen LogP contribution in [0.1, 0.15) is 19.0 Å². The SMILES string of the molecule is CCS(=O)(=O)N1CC[C@H](Oc2nccnc2C#N)C1. The number of hydrogen-bond acceptors (Lipinski definition) is 6. The highest BCUT2D eigenvalue weighted by Gasteiger charge is 2.32. The van der Waals surface area contributed by atoms with Crippen molar-refractivity contribution in [3.8, 4) is 11.9 Å². The number of nitrogens with zero attached hydrogens (tertiary/aromatic N) is 4. The third-order valence-corrected chi connectivity index (χ3v) is 4.76. The van der Waals surface area contributed by atoms with Gasteiger partial charge in [0.05, 0.1) is 12.3 Å². The van der Waals surface area contributed by atoms with Gasteiger partial charge < -0.3 is 4.74 Å². The maximum Gasteiger partial charge on any atom is 0.251 e. The topological polar surface area (TPSA) is 96.2 Å². The van der Waals surface area contributed by atoms with Crippen LogP contribution in [0.4, 0.5) is 0 Å². The van der Waals surface area contributed by atoms with Crippen LogP contribution in [0.25, 0.3) is 0 Å². The van der Waals surface area contributed by atoms with E-state index in [2.05, 4.69) is 9.97 Å². The van der Waals surface area contributed by atoms with Crippen molar-refractivity contribution in [2.75, 3.05) is 18.8 Å². The van der Waals surface area contributed by atoms with E-state index >= 15 is 0 Å². The summed E-state index contributed by atoms with van der Waals surface area (Å²) in [5, 5.41) is 8.87. The van der Waals surface area contributed by atoms with Gasteiger partial charge in [0.15, 0.2) is 0 Å². The highest BCUT2D eigenvalue weighted by molar-refractivity contribution is 7.89. The molecule has 1 atom stereocenters. The molecule has 102 valence electrons. The van der Waals surface area contributed by atoms with Crippen molar-refractivity contribution in [2.24, 2.45) is 0 Å². The number of aromatic nitrogens is 2. The van der Waals surface area contributed by atoms with Gasteiger partial charge in [-0.15, -0.1) is 0 Å². The minimum absolute atomic E-state index is 0.0777. The Bertz CT molecular complexity index is 596. The van der Waals surface area contributed by atoms with Crippen LogP contribution < -0.4 is 4.74 Å². The zero-order chi connectivity index (χ0) is 13.9. The van der Waals surface area contributed by atoms with Crippen molar-refractivity contribution in [2.45, 2.75) is 19.4 Å². The molecule has 7 nitrogen and oxygen atoms in total. The minimum Gasteiger partial charge on any atom is -0.471 e. The fourth-order valence-corrected chi connectivity index (χ4v) is 3.02. The van der Waals surface area contributed by atoms with Crippen LogP contribution in [0.2, 0.25) is 0 Å². The highest BCUT2D eigenvalue weighted by Crippen LogP contribution is 2.20. The van der Waals surface area contributed by atoms with Crippen molar-refractivity contribution >= 4 is 10.0 Å². The number of hydrogen-bond donors (Lipinski definition) is 0. The van der Waals surface area contributed by atoms with Crippen LogP contribution in [0, 0.1) is 11.3 Å². The summed E-state index contributed by atoms with van der Waals surface area (Å²) in [6.45, 7) is 2.33. The molecule has 8 heteroatoms. The Balaban J connectivity index is 2.05. The van der Waals surface area contributed by atoms with Crippen LogP contribution in [0.5, 0.6) is 5.88 Å². The molecule has 0 bridgehead atoms. The third-order valence-electron chi connectivity index (χ3n) is 2.91. The molecular formula is C11H14N4O3S. The summed E-state index contributed by atoms with van der Waals surface area (Å²) >= 11 is 0. The quantitative estimate of drug-likeness (QED) is 0.780. The van der Waals surface area contributed by atoms with E-state index in [0.29, 0.717) is 13.0 Å². The van der Waals surface area contributed by atoms with E-state index in [1.165, 1.54) is 16.7 Å². The van der Waals surface area contributed by atoms with E-state index in [1.54, 1.807) is 6.92 Å². The fraction of sp³-hybridized carbons (Fsp3) is 0.545. The zero-order valence-electron chi connectivity index (χ0n) is 10.5. The van der Waals surface area contributed by atoms with Crippen molar-refractivity contribution in [3.63, 3.8) is 0 Å². The van der Waals surface area contributed by atoms with E-state index in [0.717, 1.165) is 0 Å². The summed E-state index contributed by atoms with van der Waals surface area (Å²) in [6, 6.07) is 1.89. The molecule has 2 rings (SSSR count). The van der Waals surface area contributed by atoms with Gasteiger partial charge in [-0.05, 0) is 13.3 Å². The van der Waals surface area contributed by atoms with Gasteiger partial charge >= 0.3 is 0 Å². The summed E-state index contributed by atoms with van der Waals surface area (Å²) in [7, 11) is -3.19. The van der Waals surface area contributed by atoms with E-state index in [1.807, 2.05) is 6.07 Å². The second-order valence-electron chi connectivity index (χ2n) is 4.11. The van der Waals surface area contributed by atoms with E-state index < -0.39 is 10.0 Å². The Hall–Kier alpha value is -1.72. The molecular weight excluding hydrogens is 268 g/mol. The summed E-state index contributed by atoms with van der Waals surface area (Å²) < 4.78 is 30.4. The second-order valence-corrected chi connectivity index (χ2v) is 6.37. The Morgan fingerprint density at radius 3 is 2.95 bits per heavy atom. The number of sulfonamides is 1. The molecule has 1 fully saturated rings. The molecule has 2 heterocycles. The van der Waals surface area contributed by atoms with Gasteiger partial charge in [-0.25, -0.2) is 18.4 Å². The molecule has 1 saturated heterocycles. The Morgan fingerprint density at radius 2 is 2.26 bits per heavy atom. The molecule has 0 aromatic carbocycles. The first-order valence-corrected chi connectivity index (χ1v) is 7.53. The van der Waals surface area contributed by atoms with Crippen molar-refractivity contribution in [1.29, 1.82) is 5.26 Å². The monoisotopic (exact) mass is 282 g/mol.